The third-order valence-corrected chi connectivity index (χ3v) is 10.1. The van der Waals surface area contributed by atoms with Gasteiger partial charge in [0.15, 0.2) is 5.76 Å². The number of ether oxygens (including phenoxy) is 3. The zero-order valence-electron chi connectivity index (χ0n) is 25.8. The Labute approximate surface area is 261 Å². The van der Waals surface area contributed by atoms with E-state index in [4.69, 9.17) is 14.2 Å². The van der Waals surface area contributed by atoms with Crippen LogP contribution in [-0.2, 0) is 33.4 Å². The second-order valence-corrected chi connectivity index (χ2v) is 12.6. The fourth-order valence-electron chi connectivity index (χ4n) is 7.94. The van der Waals surface area contributed by atoms with Crippen LogP contribution < -0.4 is 5.32 Å². The highest BCUT2D eigenvalue weighted by Crippen LogP contribution is 2.62. The molecule has 0 spiro atoms. The molecule has 5 atom stereocenters. The molecule has 2 N–H and O–H groups in total. The number of hydrogen-bond donors (Lipinski definition) is 2. The summed E-state index contributed by atoms with van der Waals surface area (Å²) in [5.74, 6) is -3.04. The number of carbonyl (C=O) groups excluding carboxylic acids is 4. The second-order valence-electron chi connectivity index (χ2n) is 12.6. The highest BCUT2D eigenvalue weighted by Gasteiger charge is 2.64. The van der Waals surface area contributed by atoms with E-state index in [1.807, 2.05) is 60.7 Å². The first-order valence-electron chi connectivity index (χ1n) is 15.2. The molecule has 6 rings (SSSR count). The summed E-state index contributed by atoms with van der Waals surface area (Å²) in [6, 6.07) is 19.0. The summed E-state index contributed by atoms with van der Waals surface area (Å²) in [6.45, 7) is 4.82. The predicted molar refractivity (Wildman–Crippen MR) is 164 cm³/mol. The monoisotopic (exact) mass is 611 g/mol. The number of esters is 2. The average Bonchev–Trinajstić information content (AvgIpc) is 3.31. The zero-order chi connectivity index (χ0) is 32.1. The zero-order valence-corrected chi connectivity index (χ0v) is 25.8. The molecule has 3 aliphatic carbocycles. The van der Waals surface area contributed by atoms with Crippen LogP contribution >= 0.6 is 0 Å². The van der Waals surface area contributed by atoms with Crippen molar-refractivity contribution in [2.24, 2.45) is 16.7 Å². The van der Waals surface area contributed by atoms with Gasteiger partial charge in [-0.15, -0.1) is 0 Å². The molecule has 1 saturated heterocycles. The van der Waals surface area contributed by atoms with Gasteiger partial charge >= 0.3 is 11.9 Å². The maximum atomic E-state index is 14.2. The Hall–Kier alpha value is -4.50. The molecule has 0 unspecified atom stereocenters. The van der Waals surface area contributed by atoms with E-state index in [1.54, 1.807) is 13.8 Å². The molecule has 1 saturated carbocycles. The lowest BCUT2D eigenvalue weighted by Crippen LogP contribution is -2.57. The summed E-state index contributed by atoms with van der Waals surface area (Å²) in [7, 11) is 1.47. The van der Waals surface area contributed by atoms with Crippen molar-refractivity contribution in [3.8, 4) is 0 Å². The third-order valence-electron chi connectivity index (χ3n) is 10.1. The highest BCUT2D eigenvalue weighted by molar-refractivity contribution is 6.14. The number of rotatable bonds is 7. The quantitative estimate of drug-likeness (QED) is 0.334. The molecule has 0 aromatic heterocycles. The SMILES string of the molecule is COC[C@H]1OC(=O)/C(=C\NC(c2ccccc2)c2ccccc2)C2=C(O)C(=O)C3=C([C@H](OC(C)=O)C[C@]4(C)C(=O)CC[C@@H]34)[C@]21C. The number of fused-ring (bicyclic) bond motifs is 4. The lowest BCUT2D eigenvalue weighted by Gasteiger charge is -2.53. The minimum absolute atomic E-state index is 0.00964. The van der Waals surface area contributed by atoms with Gasteiger partial charge in [0.1, 0.15) is 18.0 Å². The van der Waals surface area contributed by atoms with E-state index in [0.717, 1.165) is 11.1 Å². The van der Waals surface area contributed by atoms with E-state index in [-0.39, 0.29) is 48.0 Å². The third kappa shape index (κ3) is 4.81. The van der Waals surface area contributed by atoms with Crippen molar-refractivity contribution in [2.75, 3.05) is 13.7 Å². The smallest absolute Gasteiger partial charge is 0.340 e. The Balaban J connectivity index is 1.53. The first kappa shape index (κ1) is 30.5. The van der Waals surface area contributed by atoms with Gasteiger partial charge in [0.05, 0.1) is 23.6 Å². The van der Waals surface area contributed by atoms with E-state index < -0.39 is 52.4 Å². The van der Waals surface area contributed by atoms with Gasteiger partial charge < -0.3 is 24.6 Å². The molecule has 2 aromatic rings. The Morgan fingerprint density at radius 2 is 1.69 bits per heavy atom. The second kappa shape index (κ2) is 11.5. The highest BCUT2D eigenvalue weighted by atomic mass is 16.6. The number of cyclic esters (lactones) is 1. The van der Waals surface area contributed by atoms with Crippen LogP contribution in [-0.4, -0.2) is 54.5 Å². The number of nitrogens with one attached hydrogen (secondary N) is 1. The number of allylic oxidation sites excluding steroid dienone is 1. The molecular formula is C36H37NO8. The van der Waals surface area contributed by atoms with Gasteiger partial charge in [-0.3, -0.25) is 14.4 Å². The van der Waals surface area contributed by atoms with Gasteiger partial charge in [-0.25, -0.2) is 4.79 Å². The standard InChI is InChI=1S/C36H37NO8/c1-20(38)44-25-17-35(2)24(15-16-26(35)39)28-30(25)36(3)27(19-43-4)45-34(42)23(29(36)33(41)32(28)40)18-37-31(21-11-7-5-8-12-21)22-13-9-6-10-14-22/h5-14,18,24-25,27,31,37,41H,15-17,19H2,1-4H3/b23-18-/t24-,25+,27+,35-,36-/m0/s1. The Kier molecular flexibility index (Phi) is 7.77. The van der Waals surface area contributed by atoms with Crippen molar-refractivity contribution >= 4 is 23.5 Å². The molecule has 9 heteroatoms. The number of hydrogen-bond acceptors (Lipinski definition) is 9. The van der Waals surface area contributed by atoms with Gasteiger partial charge in [-0.1, -0.05) is 67.6 Å². The normalized spacial score (nSPS) is 30.2. The van der Waals surface area contributed by atoms with Crippen LogP contribution in [0, 0.1) is 16.7 Å². The van der Waals surface area contributed by atoms with E-state index >= 15 is 0 Å². The van der Waals surface area contributed by atoms with Crippen LogP contribution in [0.15, 0.2) is 94.9 Å². The maximum absolute atomic E-state index is 14.2. The Morgan fingerprint density at radius 3 is 2.27 bits per heavy atom. The summed E-state index contributed by atoms with van der Waals surface area (Å²) in [5, 5.41) is 15.1. The molecule has 0 amide bonds. The van der Waals surface area contributed by atoms with Gasteiger partial charge in [-0.05, 0) is 30.0 Å². The van der Waals surface area contributed by atoms with Crippen LogP contribution in [0.2, 0.25) is 0 Å². The van der Waals surface area contributed by atoms with Crippen molar-refractivity contribution in [1.82, 2.24) is 5.32 Å². The number of carbonyl (C=O) groups is 4. The summed E-state index contributed by atoms with van der Waals surface area (Å²) < 4.78 is 17.4. The topological polar surface area (TPSA) is 128 Å². The minimum atomic E-state index is -1.31. The molecule has 45 heavy (non-hydrogen) atoms. The molecule has 2 fully saturated rings. The molecule has 2 aromatic carbocycles. The molecule has 9 nitrogen and oxygen atoms in total. The van der Waals surface area contributed by atoms with Gasteiger partial charge in [0.25, 0.3) is 0 Å². The van der Waals surface area contributed by atoms with Crippen molar-refractivity contribution in [1.29, 1.82) is 0 Å². The fourth-order valence-corrected chi connectivity index (χ4v) is 7.94. The number of ketones is 2. The van der Waals surface area contributed by atoms with Crippen molar-refractivity contribution in [2.45, 2.75) is 58.3 Å². The van der Waals surface area contributed by atoms with Crippen LogP contribution in [0.4, 0.5) is 0 Å². The summed E-state index contributed by atoms with van der Waals surface area (Å²) in [6.07, 6.45) is 0.468. The lowest BCUT2D eigenvalue weighted by molar-refractivity contribution is -0.160. The van der Waals surface area contributed by atoms with E-state index in [1.165, 1.54) is 20.2 Å². The lowest BCUT2D eigenvalue weighted by atomic mass is 9.53. The molecule has 1 heterocycles. The molecule has 0 bridgehead atoms. The first-order valence-corrected chi connectivity index (χ1v) is 15.2. The number of benzene rings is 2. The van der Waals surface area contributed by atoms with E-state index in [0.29, 0.717) is 12.0 Å². The van der Waals surface area contributed by atoms with Crippen LogP contribution in [0.5, 0.6) is 0 Å². The summed E-state index contributed by atoms with van der Waals surface area (Å²) >= 11 is 0. The largest absolute Gasteiger partial charge is 0.504 e. The van der Waals surface area contributed by atoms with Crippen molar-refractivity contribution in [3.05, 3.63) is 106 Å². The van der Waals surface area contributed by atoms with Crippen LogP contribution in [0.25, 0.3) is 0 Å². The fraction of sp³-hybridized carbons (Fsp3) is 0.389. The van der Waals surface area contributed by atoms with Gasteiger partial charge in [0, 0.05) is 55.6 Å². The predicted octanol–water partition coefficient (Wildman–Crippen LogP) is 4.84. The summed E-state index contributed by atoms with van der Waals surface area (Å²) in [4.78, 5) is 53.6. The number of methoxy groups -OCH3 is 1. The minimum Gasteiger partial charge on any atom is -0.504 e. The van der Waals surface area contributed by atoms with E-state index in [2.05, 4.69) is 5.32 Å². The van der Waals surface area contributed by atoms with Gasteiger partial charge in [-0.2, -0.15) is 0 Å². The van der Waals surface area contributed by atoms with Crippen LogP contribution in [0.3, 0.4) is 0 Å². The summed E-state index contributed by atoms with van der Waals surface area (Å²) in [5.41, 5.74) is 0.396. The molecule has 1 aliphatic heterocycles. The Bertz CT molecular complexity index is 1620. The van der Waals surface area contributed by atoms with Crippen LogP contribution in [0.1, 0.15) is 57.2 Å². The van der Waals surface area contributed by atoms with Gasteiger partial charge in [0.2, 0.25) is 5.78 Å². The number of aliphatic hydroxyl groups is 1. The Morgan fingerprint density at radius 1 is 1.07 bits per heavy atom. The van der Waals surface area contributed by atoms with E-state index in [9.17, 15) is 24.3 Å². The maximum Gasteiger partial charge on any atom is 0.340 e. The average molecular weight is 612 g/mol. The van der Waals surface area contributed by atoms with Crippen molar-refractivity contribution < 1.29 is 38.5 Å². The number of aliphatic hydroxyl groups excluding tert-OH is 1. The van der Waals surface area contributed by atoms with Crippen molar-refractivity contribution in [3.63, 3.8) is 0 Å². The molecule has 4 aliphatic rings. The number of Topliss-reactive ketones (excluding diaryl/α,β-unsaturated/α-hetero) is 2. The molecular weight excluding hydrogens is 574 g/mol. The molecule has 234 valence electrons. The first-order chi connectivity index (χ1) is 21.5. The molecule has 0 radical (unpaired) electrons.